The monoisotopic (exact) mass is 569 g/mol. The fourth-order valence-electron chi connectivity index (χ4n) is 5.42. The van der Waals surface area contributed by atoms with Crippen LogP contribution in [0, 0.1) is 0 Å². The van der Waals surface area contributed by atoms with Gasteiger partial charge in [0.05, 0.1) is 29.4 Å². The van der Waals surface area contributed by atoms with Gasteiger partial charge in [0.2, 0.25) is 0 Å². The van der Waals surface area contributed by atoms with Crippen molar-refractivity contribution in [1.82, 2.24) is 0 Å². The molecule has 0 amide bonds. The van der Waals surface area contributed by atoms with Crippen molar-refractivity contribution in [3.8, 4) is 11.5 Å². The molecule has 12 heteroatoms. The van der Waals surface area contributed by atoms with Crippen molar-refractivity contribution < 1.29 is 44.3 Å². The lowest BCUT2D eigenvalue weighted by molar-refractivity contribution is -0.247. The van der Waals surface area contributed by atoms with Gasteiger partial charge in [-0.05, 0) is 13.8 Å². The highest BCUT2D eigenvalue weighted by molar-refractivity contribution is 6.30. The Morgan fingerprint density at radius 2 is 1.63 bits per heavy atom. The van der Waals surface area contributed by atoms with E-state index in [-0.39, 0.29) is 71.0 Å². The van der Waals surface area contributed by atoms with Crippen molar-refractivity contribution in [2.45, 2.75) is 69.4 Å². The number of carbonyl (C=O) groups is 3. The maximum atomic E-state index is 13.3. The lowest BCUT2D eigenvalue weighted by Gasteiger charge is -2.42. The average molecular weight is 570 g/mol. The molecule has 0 radical (unpaired) electrons. The Kier molecular flexibility index (Phi) is 8.31. The van der Waals surface area contributed by atoms with Crippen molar-refractivity contribution in [1.29, 1.82) is 0 Å². The minimum Gasteiger partial charge on any atom is -0.507 e. The van der Waals surface area contributed by atoms with Crippen LogP contribution in [-0.4, -0.2) is 67.9 Å². The molecule has 38 heavy (non-hydrogen) atoms. The summed E-state index contributed by atoms with van der Waals surface area (Å²) < 4.78 is 11.8. The number of aliphatic hydroxyl groups excluding tert-OH is 1. The second-order valence-corrected chi connectivity index (χ2v) is 9.80. The zero-order chi connectivity index (χ0) is 26.1. The number of rotatable bonds is 3. The Labute approximate surface area is 230 Å². The Hall–Kier alpha value is -2.57. The highest BCUT2D eigenvalue weighted by atomic mass is 35.5. The molecule has 2 aromatic carbocycles. The largest absolute Gasteiger partial charge is 0.507 e. The van der Waals surface area contributed by atoms with Crippen LogP contribution in [0.2, 0.25) is 0 Å². The molecule has 5 rings (SSSR count). The summed E-state index contributed by atoms with van der Waals surface area (Å²) in [6.07, 6.45) is -4.38. The number of ketones is 3. The number of hydrogen-bond donors (Lipinski definition) is 5. The van der Waals surface area contributed by atoms with Crippen molar-refractivity contribution in [2.75, 3.05) is 0 Å². The van der Waals surface area contributed by atoms with Crippen LogP contribution in [0.3, 0.4) is 0 Å². The number of nitrogens with two attached hydrogens (primary N) is 1. The van der Waals surface area contributed by atoms with Gasteiger partial charge >= 0.3 is 0 Å². The summed E-state index contributed by atoms with van der Waals surface area (Å²) in [7, 11) is 0. The standard InChI is InChI=1S/C26H27NO9.2ClH/c1-10-21(29)15(27)7-17(35-10)36-16-9-26(34,11(2)28)8-14-18(16)25(33)20-19(24(14)32)22(30)12-5-3-4-6-13(12)23(20)31;;/h3-6,10,15-17,21,29,32-34H,7-9,27H2,1-2H3;2*1H/t10-,15-,16-,17-,21+,26-;;/m0../s1. The smallest absolute Gasteiger partial charge is 0.198 e. The molecule has 6 N–H and O–H groups in total. The van der Waals surface area contributed by atoms with Crippen LogP contribution in [0.15, 0.2) is 24.3 Å². The number of aromatic hydroxyl groups is 2. The summed E-state index contributed by atoms with van der Waals surface area (Å²) in [6.45, 7) is 2.80. The van der Waals surface area contributed by atoms with Gasteiger partial charge in [-0.3, -0.25) is 14.4 Å². The second kappa shape index (κ2) is 10.5. The number of hydrogen-bond acceptors (Lipinski definition) is 10. The van der Waals surface area contributed by atoms with E-state index in [1.54, 1.807) is 19.1 Å². The van der Waals surface area contributed by atoms with E-state index in [1.165, 1.54) is 19.1 Å². The van der Waals surface area contributed by atoms with E-state index in [0.29, 0.717) is 0 Å². The molecule has 1 fully saturated rings. The van der Waals surface area contributed by atoms with Gasteiger partial charge in [-0.1, -0.05) is 24.3 Å². The first kappa shape index (κ1) is 30.0. The number of carbonyl (C=O) groups excluding carboxylic acids is 3. The molecule has 206 valence electrons. The van der Waals surface area contributed by atoms with Crippen LogP contribution in [0.25, 0.3) is 0 Å². The molecule has 10 nitrogen and oxygen atoms in total. The number of ether oxygens (including phenoxy) is 2. The minimum absolute atomic E-state index is 0. The van der Waals surface area contributed by atoms with Crippen molar-refractivity contribution >= 4 is 42.2 Å². The van der Waals surface area contributed by atoms with Crippen LogP contribution in [0.5, 0.6) is 11.5 Å². The number of phenols is 2. The van der Waals surface area contributed by atoms with Gasteiger partial charge in [0.15, 0.2) is 23.6 Å². The maximum absolute atomic E-state index is 13.3. The fourth-order valence-corrected chi connectivity index (χ4v) is 5.42. The first-order valence-corrected chi connectivity index (χ1v) is 11.7. The predicted molar refractivity (Wildman–Crippen MR) is 138 cm³/mol. The molecule has 2 aliphatic carbocycles. The van der Waals surface area contributed by atoms with E-state index in [1.807, 2.05) is 0 Å². The Morgan fingerprint density at radius 3 is 2.16 bits per heavy atom. The Balaban J connectivity index is 0.00000200. The van der Waals surface area contributed by atoms with Crippen LogP contribution in [0.4, 0.5) is 0 Å². The van der Waals surface area contributed by atoms with E-state index >= 15 is 0 Å². The molecule has 0 saturated carbocycles. The summed E-state index contributed by atoms with van der Waals surface area (Å²) in [4.78, 5) is 39.0. The summed E-state index contributed by atoms with van der Waals surface area (Å²) >= 11 is 0. The number of Topliss-reactive ketones (excluding diaryl/α,β-unsaturated/α-hetero) is 1. The molecule has 6 atom stereocenters. The van der Waals surface area contributed by atoms with E-state index in [4.69, 9.17) is 15.2 Å². The number of fused-ring (bicyclic) bond motifs is 3. The molecule has 2 aromatic rings. The molecule has 0 aromatic heterocycles. The number of phenolic OH excluding ortho intramolecular Hbond substituents is 2. The summed E-state index contributed by atoms with van der Waals surface area (Å²) in [5.41, 5.74) is 3.38. The molecular formula is C26H29Cl2NO9. The third kappa shape index (κ3) is 4.50. The Morgan fingerprint density at radius 1 is 1.08 bits per heavy atom. The predicted octanol–water partition coefficient (Wildman–Crippen LogP) is 1.86. The molecule has 0 unspecified atom stereocenters. The molecule has 1 saturated heterocycles. The Bertz CT molecular complexity index is 1300. The molecule has 0 spiro atoms. The summed E-state index contributed by atoms with van der Waals surface area (Å²) in [6, 6.07) is 5.40. The first-order chi connectivity index (χ1) is 16.9. The van der Waals surface area contributed by atoms with Gasteiger partial charge in [0.25, 0.3) is 0 Å². The number of halogens is 2. The van der Waals surface area contributed by atoms with Gasteiger partial charge in [0.1, 0.15) is 17.1 Å². The molecule has 3 aliphatic rings. The summed E-state index contributed by atoms with van der Waals surface area (Å²) in [5.74, 6) is -3.06. The zero-order valence-electron chi connectivity index (χ0n) is 20.5. The van der Waals surface area contributed by atoms with Gasteiger partial charge in [-0.2, -0.15) is 0 Å². The topological polar surface area (TPSA) is 177 Å². The van der Waals surface area contributed by atoms with Crippen molar-refractivity contribution in [3.63, 3.8) is 0 Å². The number of benzene rings is 2. The first-order valence-electron chi connectivity index (χ1n) is 11.7. The van der Waals surface area contributed by atoms with Gasteiger partial charge in [-0.25, -0.2) is 0 Å². The molecule has 0 bridgehead atoms. The highest BCUT2D eigenvalue weighted by Crippen LogP contribution is 2.51. The van der Waals surface area contributed by atoms with Crippen molar-refractivity contribution in [3.05, 3.63) is 57.6 Å². The van der Waals surface area contributed by atoms with Crippen molar-refractivity contribution in [2.24, 2.45) is 5.73 Å². The van der Waals surface area contributed by atoms with E-state index in [0.717, 1.165) is 0 Å². The third-order valence-electron chi connectivity index (χ3n) is 7.50. The number of aliphatic hydroxyl groups is 2. The van der Waals surface area contributed by atoms with E-state index in [2.05, 4.69) is 0 Å². The van der Waals surface area contributed by atoms with E-state index in [9.17, 15) is 34.8 Å². The zero-order valence-corrected chi connectivity index (χ0v) is 22.2. The third-order valence-corrected chi connectivity index (χ3v) is 7.50. The van der Waals surface area contributed by atoms with Crippen LogP contribution >= 0.6 is 24.8 Å². The molecular weight excluding hydrogens is 541 g/mol. The maximum Gasteiger partial charge on any atom is 0.198 e. The average Bonchev–Trinajstić information content (AvgIpc) is 2.82. The second-order valence-electron chi connectivity index (χ2n) is 9.80. The normalized spacial score (nSPS) is 29.8. The highest BCUT2D eigenvalue weighted by Gasteiger charge is 2.49. The minimum atomic E-state index is -1.97. The summed E-state index contributed by atoms with van der Waals surface area (Å²) in [5, 5.41) is 43.8. The lowest BCUT2D eigenvalue weighted by Crippen LogP contribution is -2.52. The van der Waals surface area contributed by atoms with Crippen LogP contribution in [-0.2, 0) is 20.7 Å². The molecule has 1 aliphatic heterocycles. The van der Waals surface area contributed by atoms with Gasteiger partial charge < -0.3 is 35.6 Å². The van der Waals surface area contributed by atoms with Gasteiger partial charge in [0, 0.05) is 47.6 Å². The lowest BCUT2D eigenvalue weighted by atomic mass is 9.72. The van der Waals surface area contributed by atoms with Crippen LogP contribution < -0.4 is 5.73 Å². The van der Waals surface area contributed by atoms with E-state index < -0.39 is 71.5 Å². The fraction of sp³-hybridized carbons (Fsp3) is 0.423. The quantitative estimate of drug-likeness (QED) is 0.292. The van der Waals surface area contributed by atoms with Gasteiger partial charge in [-0.15, -0.1) is 24.8 Å². The SMILES string of the molecule is CC(=O)[C@]1(O)Cc2c(O)c3c(c(O)c2[C@@H](O[C@H]2C[C@H](N)[C@H](O)[C@H](C)O2)C1)C(=O)c1ccccc1C3=O.Cl.Cl. The molecule has 1 heterocycles. The van der Waals surface area contributed by atoms with Crippen LogP contribution in [0.1, 0.15) is 75.8 Å².